The Morgan fingerprint density at radius 1 is 1.18 bits per heavy atom. The third kappa shape index (κ3) is 4.06. The van der Waals surface area contributed by atoms with Crippen LogP contribution >= 0.6 is 0 Å². The summed E-state index contributed by atoms with van der Waals surface area (Å²) in [5, 5.41) is 2.77. The number of hydroxylamine groups is 1. The summed E-state index contributed by atoms with van der Waals surface area (Å²) in [6.45, 7) is 0.669. The van der Waals surface area contributed by atoms with Gasteiger partial charge in [0.25, 0.3) is 15.9 Å². The van der Waals surface area contributed by atoms with Gasteiger partial charge in [0.05, 0.1) is 12.0 Å². The minimum atomic E-state index is -3.77. The number of nitrogens with zero attached hydrogens (tertiary/aromatic N) is 2. The van der Waals surface area contributed by atoms with Crippen molar-refractivity contribution >= 4 is 33.2 Å². The fourth-order valence-electron chi connectivity index (χ4n) is 2.90. The highest BCUT2D eigenvalue weighted by atomic mass is 32.2. The SMILES string of the molecule is CON(C)S(=O)(=O)c1ccc(C(=O)Nc2cccc(N3CCCC3=O)c2)cc1. The average Bonchev–Trinajstić information content (AvgIpc) is 3.13. The molecule has 0 unspecified atom stereocenters. The van der Waals surface area contributed by atoms with Gasteiger partial charge in [0.2, 0.25) is 5.91 Å². The summed E-state index contributed by atoms with van der Waals surface area (Å²) in [6, 6.07) is 12.6. The molecule has 148 valence electrons. The molecule has 28 heavy (non-hydrogen) atoms. The molecule has 0 bridgehead atoms. The van der Waals surface area contributed by atoms with Crippen LogP contribution in [0.3, 0.4) is 0 Å². The van der Waals surface area contributed by atoms with Gasteiger partial charge >= 0.3 is 0 Å². The van der Waals surface area contributed by atoms with Crippen LogP contribution in [0.2, 0.25) is 0 Å². The Balaban J connectivity index is 1.74. The molecule has 2 amide bonds. The highest BCUT2D eigenvalue weighted by Gasteiger charge is 2.22. The first-order chi connectivity index (χ1) is 13.3. The van der Waals surface area contributed by atoms with E-state index >= 15 is 0 Å². The minimum absolute atomic E-state index is 0.0166. The van der Waals surface area contributed by atoms with Crippen molar-refractivity contribution in [3.63, 3.8) is 0 Å². The Labute approximate surface area is 163 Å². The van der Waals surface area contributed by atoms with Crippen LogP contribution in [0.4, 0.5) is 11.4 Å². The third-order valence-electron chi connectivity index (χ3n) is 4.50. The van der Waals surface area contributed by atoms with Crippen LogP contribution in [-0.2, 0) is 19.7 Å². The molecule has 1 aliphatic heterocycles. The van der Waals surface area contributed by atoms with Gasteiger partial charge in [0.1, 0.15) is 0 Å². The average molecular weight is 403 g/mol. The molecule has 0 saturated carbocycles. The maximum absolute atomic E-state index is 12.5. The molecule has 2 aromatic rings. The minimum Gasteiger partial charge on any atom is -0.322 e. The zero-order valence-corrected chi connectivity index (χ0v) is 16.4. The fraction of sp³-hybridized carbons (Fsp3) is 0.263. The molecule has 8 nitrogen and oxygen atoms in total. The Kier molecular flexibility index (Phi) is 5.78. The zero-order chi connectivity index (χ0) is 20.3. The molecule has 2 aromatic carbocycles. The lowest BCUT2D eigenvalue weighted by Crippen LogP contribution is -2.25. The highest BCUT2D eigenvalue weighted by molar-refractivity contribution is 7.89. The number of hydrogen-bond donors (Lipinski definition) is 1. The van der Waals surface area contributed by atoms with Crippen molar-refractivity contribution < 1.29 is 22.8 Å². The molecular formula is C19H21N3O5S. The van der Waals surface area contributed by atoms with E-state index in [1.54, 1.807) is 23.1 Å². The van der Waals surface area contributed by atoms with Crippen molar-refractivity contribution in [2.24, 2.45) is 0 Å². The summed E-state index contributed by atoms with van der Waals surface area (Å²) in [5.74, 6) is -0.310. The van der Waals surface area contributed by atoms with Crippen molar-refractivity contribution in [1.82, 2.24) is 4.47 Å². The number of nitrogens with one attached hydrogen (secondary N) is 1. The lowest BCUT2D eigenvalue weighted by molar-refractivity contribution is -0.117. The van der Waals surface area contributed by atoms with Crippen molar-refractivity contribution in [3.05, 3.63) is 54.1 Å². The van der Waals surface area contributed by atoms with Crippen molar-refractivity contribution in [2.75, 3.05) is 30.9 Å². The molecule has 1 saturated heterocycles. The van der Waals surface area contributed by atoms with E-state index in [1.165, 1.54) is 38.4 Å². The molecule has 0 spiro atoms. The quantitative estimate of drug-likeness (QED) is 0.747. The normalized spacial score (nSPS) is 14.5. The van der Waals surface area contributed by atoms with E-state index < -0.39 is 10.0 Å². The van der Waals surface area contributed by atoms with E-state index in [0.717, 1.165) is 16.6 Å². The van der Waals surface area contributed by atoms with Gasteiger partial charge in [-0.2, -0.15) is 0 Å². The number of anilines is 2. The molecule has 0 atom stereocenters. The van der Waals surface area contributed by atoms with Gasteiger partial charge in [0, 0.05) is 37.0 Å². The number of carbonyl (C=O) groups is 2. The number of hydrogen-bond acceptors (Lipinski definition) is 5. The van der Waals surface area contributed by atoms with Crippen LogP contribution in [0.5, 0.6) is 0 Å². The first-order valence-electron chi connectivity index (χ1n) is 8.68. The summed E-state index contributed by atoms with van der Waals surface area (Å²) < 4.78 is 25.1. The van der Waals surface area contributed by atoms with Gasteiger partial charge in [-0.15, -0.1) is 0 Å². The summed E-state index contributed by atoms with van der Waals surface area (Å²) in [4.78, 5) is 30.8. The fourth-order valence-corrected chi connectivity index (χ4v) is 3.87. The van der Waals surface area contributed by atoms with Crippen molar-refractivity contribution in [3.8, 4) is 0 Å². The van der Waals surface area contributed by atoms with E-state index in [2.05, 4.69) is 5.32 Å². The molecule has 1 aliphatic rings. The van der Waals surface area contributed by atoms with E-state index in [9.17, 15) is 18.0 Å². The first kappa shape index (κ1) is 20.0. The Hall–Kier alpha value is -2.75. The largest absolute Gasteiger partial charge is 0.322 e. The van der Waals surface area contributed by atoms with Gasteiger partial charge in [-0.3, -0.25) is 14.4 Å². The second-order valence-electron chi connectivity index (χ2n) is 6.28. The Morgan fingerprint density at radius 2 is 1.89 bits per heavy atom. The third-order valence-corrected chi connectivity index (χ3v) is 6.19. The van der Waals surface area contributed by atoms with Crippen LogP contribution in [0.25, 0.3) is 0 Å². The predicted octanol–water partition coefficient (Wildman–Crippen LogP) is 2.25. The van der Waals surface area contributed by atoms with Crippen LogP contribution < -0.4 is 10.2 Å². The van der Waals surface area contributed by atoms with Crippen LogP contribution in [0, 0.1) is 0 Å². The smallest absolute Gasteiger partial charge is 0.264 e. The molecule has 3 rings (SSSR count). The van der Waals surface area contributed by atoms with Crippen LogP contribution in [-0.4, -0.2) is 45.4 Å². The number of rotatable bonds is 6. The maximum atomic E-state index is 12.5. The molecule has 1 N–H and O–H groups in total. The molecule has 1 heterocycles. The van der Waals surface area contributed by atoms with E-state index in [1.807, 2.05) is 6.07 Å². The Morgan fingerprint density at radius 3 is 2.50 bits per heavy atom. The second-order valence-corrected chi connectivity index (χ2v) is 8.21. The van der Waals surface area contributed by atoms with Crippen LogP contribution in [0.15, 0.2) is 53.4 Å². The standard InChI is InChI=1S/C19H21N3O5S/c1-21(27-2)28(25,26)17-10-8-14(9-11-17)19(24)20-15-5-3-6-16(13-15)22-12-4-7-18(22)23/h3,5-6,8-11,13H,4,7,12H2,1-2H3,(H,20,24). The lowest BCUT2D eigenvalue weighted by Gasteiger charge is -2.17. The summed E-state index contributed by atoms with van der Waals surface area (Å²) in [6.07, 6.45) is 1.35. The topological polar surface area (TPSA) is 96.0 Å². The zero-order valence-electron chi connectivity index (χ0n) is 15.6. The second kappa shape index (κ2) is 8.09. The monoisotopic (exact) mass is 403 g/mol. The van der Waals surface area contributed by atoms with Gasteiger partial charge < -0.3 is 10.2 Å². The number of benzene rings is 2. The molecule has 0 aliphatic carbocycles. The summed E-state index contributed by atoms with van der Waals surface area (Å²) >= 11 is 0. The molecule has 0 radical (unpaired) electrons. The van der Waals surface area contributed by atoms with Gasteiger partial charge in [-0.25, -0.2) is 8.42 Å². The molecule has 0 aromatic heterocycles. The predicted molar refractivity (Wildman–Crippen MR) is 104 cm³/mol. The van der Waals surface area contributed by atoms with E-state index in [0.29, 0.717) is 24.2 Å². The van der Waals surface area contributed by atoms with Gasteiger partial charge in [-0.05, 0) is 48.9 Å². The van der Waals surface area contributed by atoms with E-state index in [-0.39, 0.29) is 16.7 Å². The van der Waals surface area contributed by atoms with Crippen LogP contribution in [0.1, 0.15) is 23.2 Å². The van der Waals surface area contributed by atoms with Crippen molar-refractivity contribution in [2.45, 2.75) is 17.7 Å². The summed E-state index contributed by atoms with van der Waals surface area (Å²) in [5.41, 5.74) is 1.60. The maximum Gasteiger partial charge on any atom is 0.264 e. The molecular weight excluding hydrogens is 382 g/mol. The highest BCUT2D eigenvalue weighted by Crippen LogP contribution is 2.24. The Bertz CT molecular complexity index is 989. The van der Waals surface area contributed by atoms with Gasteiger partial charge in [0.15, 0.2) is 0 Å². The number of sulfonamides is 1. The lowest BCUT2D eigenvalue weighted by atomic mass is 10.2. The number of amides is 2. The van der Waals surface area contributed by atoms with Gasteiger partial charge in [-0.1, -0.05) is 10.5 Å². The van der Waals surface area contributed by atoms with Crippen molar-refractivity contribution in [1.29, 1.82) is 0 Å². The molecule has 1 fully saturated rings. The van der Waals surface area contributed by atoms with E-state index in [4.69, 9.17) is 4.84 Å². The summed E-state index contributed by atoms with van der Waals surface area (Å²) in [7, 11) is -1.23. The molecule has 9 heteroatoms. The first-order valence-corrected chi connectivity index (χ1v) is 10.1. The number of carbonyl (C=O) groups excluding carboxylic acids is 2.